The summed E-state index contributed by atoms with van der Waals surface area (Å²) in [7, 11) is 0. The van der Waals surface area contributed by atoms with E-state index < -0.39 is 17.6 Å². The monoisotopic (exact) mass is 476 g/mol. The van der Waals surface area contributed by atoms with Crippen LogP contribution >= 0.6 is 0 Å². The molecule has 0 saturated carbocycles. The van der Waals surface area contributed by atoms with Gasteiger partial charge in [0.25, 0.3) is 0 Å². The van der Waals surface area contributed by atoms with E-state index in [4.69, 9.17) is 5.26 Å². The van der Waals surface area contributed by atoms with Gasteiger partial charge in [-0.15, -0.1) is 0 Å². The second-order valence-electron chi connectivity index (χ2n) is 8.36. The van der Waals surface area contributed by atoms with Crippen LogP contribution in [0.25, 0.3) is 0 Å². The zero-order chi connectivity index (χ0) is 25.8. The van der Waals surface area contributed by atoms with Crippen molar-refractivity contribution in [3.8, 4) is 6.07 Å². The Bertz CT molecular complexity index is 1140. The number of rotatable bonds is 9. The van der Waals surface area contributed by atoms with Crippen LogP contribution < -0.4 is 0 Å². The molecule has 0 bridgehead atoms. The van der Waals surface area contributed by atoms with E-state index in [2.05, 4.69) is 41.3 Å². The molecule has 0 aliphatic rings. The number of hydrogen-bond donors (Lipinski definition) is 1. The van der Waals surface area contributed by atoms with E-state index >= 15 is 0 Å². The molecule has 0 spiro atoms. The van der Waals surface area contributed by atoms with E-state index in [-0.39, 0.29) is 0 Å². The quantitative estimate of drug-likeness (QED) is 0.279. The van der Waals surface area contributed by atoms with Gasteiger partial charge in [0, 0.05) is 6.92 Å². The van der Waals surface area contributed by atoms with Crippen molar-refractivity contribution >= 4 is 5.97 Å². The van der Waals surface area contributed by atoms with E-state index in [1.54, 1.807) is 6.07 Å². The van der Waals surface area contributed by atoms with Gasteiger partial charge in [0.2, 0.25) is 0 Å². The average molecular weight is 477 g/mol. The Hall–Kier alpha value is -4.20. The summed E-state index contributed by atoms with van der Waals surface area (Å²) in [5, 5.41) is 17.8. The minimum atomic E-state index is -0.826. The highest BCUT2D eigenvalue weighted by Gasteiger charge is 2.46. The maximum Gasteiger partial charge on any atom is 0.321 e. The molecule has 0 aliphatic heterocycles. The lowest BCUT2D eigenvalue weighted by Crippen LogP contribution is -2.56. The van der Waals surface area contributed by atoms with Gasteiger partial charge in [-0.2, -0.15) is 5.26 Å². The first kappa shape index (κ1) is 26.4. The molecule has 4 heteroatoms. The number of carboxylic acid groups (broad SMARTS) is 1. The Morgan fingerprint density at radius 3 is 1.42 bits per heavy atom. The van der Waals surface area contributed by atoms with Crippen LogP contribution in [0.15, 0.2) is 121 Å². The lowest BCUT2D eigenvalue weighted by Gasteiger charge is -2.48. The molecule has 182 valence electrons. The summed E-state index contributed by atoms with van der Waals surface area (Å²) >= 11 is 0. The van der Waals surface area contributed by atoms with Gasteiger partial charge >= 0.3 is 5.97 Å². The van der Waals surface area contributed by atoms with Gasteiger partial charge in [0.05, 0.1) is 11.6 Å². The van der Waals surface area contributed by atoms with Crippen molar-refractivity contribution in [3.05, 3.63) is 144 Å². The number of nitrogens with zero attached hydrogens (tertiary/aromatic N) is 2. The first-order valence-corrected chi connectivity index (χ1v) is 12.1. The first-order chi connectivity index (χ1) is 17.6. The standard InChI is InChI=1S/C30H29NO2.C2H3N/c1-2-31(28(29(32)33)23-24-15-7-3-8-16-24)30(25-17-9-4-10-18-25,26-19-11-5-12-20-26)27-21-13-6-14-22-27;1-2-3/h3-22,28H,2,23H2,1H3,(H,32,33);1H3. The lowest BCUT2D eigenvalue weighted by atomic mass is 9.74. The van der Waals surface area contributed by atoms with Crippen molar-refractivity contribution in [2.45, 2.75) is 31.8 Å². The van der Waals surface area contributed by atoms with Gasteiger partial charge in [-0.1, -0.05) is 128 Å². The van der Waals surface area contributed by atoms with Gasteiger partial charge in [0.1, 0.15) is 6.04 Å². The Morgan fingerprint density at radius 1 is 0.778 bits per heavy atom. The molecule has 1 unspecified atom stereocenters. The molecule has 4 rings (SSSR count). The van der Waals surface area contributed by atoms with Crippen molar-refractivity contribution < 1.29 is 9.90 Å². The molecule has 4 nitrogen and oxygen atoms in total. The number of nitriles is 1. The molecule has 0 fully saturated rings. The van der Waals surface area contributed by atoms with Gasteiger partial charge in [-0.3, -0.25) is 9.69 Å². The molecule has 4 aromatic carbocycles. The highest BCUT2D eigenvalue weighted by Crippen LogP contribution is 2.43. The zero-order valence-electron chi connectivity index (χ0n) is 20.8. The van der Waals surface area contributed by atoms with E-state index in [1.807, 2.05) is 91.9 Å². The number of aliphatic carboxylic acids is 1. The molecule has 0 amide bonds. The third-order valence-electron chi connectivity index (χ3n) is 6.28. The SMILES string of the molecule is CC#N.CCN(C(Cc1ccccc1)C(=O)O)C(c1ccccc1)(c1ccccc1)c1ccccc1. The van der Waals surface area contributed by atoms with Crippen LogP contribution in [0.5, 0.6) is 0 Å². The van der Waals surface area contributed by atoms with Crippen LogP contribution in [0.1, 0.15) is 36.1 Å². The minimum absolute atomic E-state index is 0.415. The predicted octanol–water partition coefficient (Wildman–Crippen LogP) is 6.53. The zero-order valence-corrected chi connectivity index (χ0v) is 20.8. The van der Waals surface area contributed by atoms with Crippen LogP contribution in [-0.2, 0) is 16.8 Å². The maximum atomic E-state index is 12.8. The largest absolute Gasteiger partial charge is 0.480 e. The summed E-state index contributed by atoms with van der Waals surface area (Å²) in [4.78, 5) is 14.9. The molecular weight excluding hydrogens is 444 g/mol. The predicted molar refractivity (Wildman–Crippen MR) is 144 cm³/mol. The van der Waals surface area contributed by atoms with E-state index in [0.29, 0.717) is 13.0 Å². The number of likely N-dealkylation sites (N-methyl/N-ethyl adjacent to an activating group) is 1. The summed E-state index contributed by atoms with van der Waals surface area (Å²) in [5.41, 5.74) is 3.37. The summed E-state index contributed by atoms with van der Waals surface area (Å²) < 4.78 is 0. The highest BCUT2D eigenvalue weighted by atomic mass is 16.4. The summed E-state index contributed by atoms with van der Waals surface area (Å²) in [6.07, 6.45) is 0.415. The van der Waals surface area contributed by atoms with Crippen LogP contribution in [0.3, 0.4) is 0 Å². The van der Waals surface area contributed by atoms with Crippen molar-refractivity contribution in [1.82, 2.24) is 4.90 Å². The van der Waals surface area contributed by atoms with Crippen LogP contribution in [0, 0.1) is 11.3 Å². The molecule has 1 N–H and O–H groups in total. The molecular formula is C32H32N2O2. The minimum Gasteiger partial charge on any atom is -0.480 e. The second-order valence-corrected chi connectivity index (χ2v) is 8.36. The fourth-order valence-corrected chi connectivity index (χ4v) is 4.90. The van der Waals surface area contributed by atoms with Crippen molar-refractivity contribution in [2.24, 2.45) is 0 Å². The number of benzene rings is 4. The molecule has 0 aliphatic carbocycles. The fraction of sp³-hybridized carbons (Fsp3) is 0.188. The third kappa shape index (κ3) is 5.71. The molecule has 36 heavy (non-hydrogen) atoms. The summed E-state index contributed by atoms with van der Waals surface area (Å²) in [6, 6.07) is 41.7. The average Bonchev–Trinajstić information content (AvgIpc) is 2.93. The van der Waals surface area contributed by atoms with Crippen LogP contribution in [0.2, 0.25) is 0 Å². The summed E-state index contributed by atoms with van der Waals surface area (Å²) in [5.74, 6) is -0.826. The number of carboxylic acids is 1. The van der Waals surface area contributed by atoms with Gasteiger partial charge in [-0.25, -0.2) is 0 Å². The van der Waals surface area contributed by atoms with Gasteiger partial charge in [-0.05, 0) is 35.2 Å². The topological polar surface area (TPSA) is 64.3 Å². The smallest absolute Gasteiger partial charge is 0.321 e. The van der Waals surface area contributed by atoms with E-state index in [1.165, 1.54) is 6.92 Å². The first-order valence-electron chi connectivity index (χ1n) is 12.1. The third-order valence-corrected chi connectivity index (χ3v) is 6.28. The molecule has 4 aromatic rings. The van der Waals surface area contributed by atoms with Gasteiger partial charge < -0.3 is 5.11 Å². The summed E-state index contributed by atoms with van der Waals surface area (Å²) in [6.45, 7) is 4.03. The molecule has 0 aromatic heterocycles. The fourth-order valence-electron chi connectivity index (χ4n) is 4.90. The Labute approximate surface area is 214 Å². The second kappa shape index (κ2) is 13.0. The molecule has 0 radical (unpaired) electrons. The molecule has 0 heterocycles. The molecule has 0 saturated heterocycles. The van der Waals surface area contributed by atoms with E-state index in [0.717, 1.165) is 22.3 Å². The number of hydrogen-bond acceptors (Lipinski definition) is 3. The maximum absolute atomic E-state index is 12.8. The lowest BCUT2D eigenvalue weighted by molar-refractivity contribution is -0.145. The van der Waals surface area contributed by atoms with Crippen LogP contribution in [-0.4, -0.2) is 28.6 Å². The van der Waals surface area contributed by atoms with Crippen molar-refractivity contribution in [3.63, 3.8) is 0 Å². The van der Waals surface area contributed by atoms with E-state index in [9.17, 15) is 9.90 Å². The Morgan fingerprint density at radius 2 is 1.11 bits per heavy atom. The van der Waals surface area contributed by atoms with Crippen molar-refractivity contribution in [2.75, 3.05) is 6.54 Å². The highest BCUT2D eigenvalue weighted by molar-refractivity contribution is 5.74. The van der Waals surface area contributed by atoms with Gasteiger partial charge in [0.15, 0.2) is 0 Å². The Kier molecular flexibility index (Phi) is 9.56. The van der Waals surface area contributed by atoms with Crippen LogP contribution in [0.4, 0.5) is 0 Å². The molecule has 1 atom stereocenters. The Balaban J connectivity index is 0.00000115. The normalized spacial score (nSPS) is 11.6. The number of carbonyl (C=O) groups is 1. The van der Waals surface area contributed by atoms with Crippen molar-refractivity contribution in [1.29, 1.82) is 5.26 Å².